The molecule has 1 aromatic rings. The van der Waals surface area contributed by atoms with Gasteiger partial charge in [0.25, 0.3) is 0 Å². The highest BCUT2D eigenvalue weighted by Crippen LogP contribution is 2.35. The fourth-order valence-electron chi connectivity index (χ4n) is 2.01. The lowest BCUT2D eigenvalue weighted by Gasteiger charge is -2.20. The topological polar surface area (TPSA) is 52.6 Å². The van der Waals surface area contributed by atoms with Gasteiger partial charge in [0, 0.05) is 22.8 Å². The summed E-state index contributed by atoms with van der Waals surface area (Å²) < 4.78 is 10.3. The van der Waals surface area contributed by atoms with Crippen molar-refractivity contribution in [1.29, 1.82) is 0 Å². The van der Waals surface area contributed by atoms with E-state index in [9.17, 15) is 9.59 Å². The Balaban J connectivity index is 2.77. The molecule has 0 spiro atoms. The highest BCUT2D eigenvalue weighted by atomic mass is 16.5. The highest BCUT2D eigenvalue weighted by molar-refractivity contribution is 6.27. The molecular weight excluding hydrogens is 232 g/mol. The van der Waals surface area contributed by atoms with Gasteiger partial charge in [0.2, 0.25) is 0 Å². The molecule has 0 aliphatic heterocycles. The third kappa shape index (κ3) is 1.61. The van der Waals surface area contributed by atoms with Crippen molar-refractivity contribution in [3.63, 3.8) is 0 Å². The summed E-state index contributed by atoms with van der Waals surface area (Å²) in [6.45, 7) is 3.31. The molecule has 94 valence electrons. The molecule has 18 heavy (non-hydrogen) atoms. The number of fused-ring (bicyclic) bond motifs is 1. The van der Waals surface area contributed by atoms with Crippen LogP contribution in [0, 0.1) is 0 Å². The van der Waals surface area contributed by atoms with Gasteiger partial charge in [-0.2, -0.15) is 0 Å². The molecule has 0 N–H and O–H groups in total. The second kappa shape index (κ2) is 4.29. The number of methoxy groups -OCH3 is 2. The van der Waals surface area contributed by atoms with Crippen LogP contribution in [-0.2, 0) is 0 Å². The van der Waals surface area contributed by atoms with Crippen molar-refractivity contribution in [1.82, 2.24) is 0 Å². The van der Waals surface area contributed by atoms with E-state index in [1.165, 1.54) is 14.2 Å². The molecule has 0 amide bonds. The molecule has 0 heterocycles. The SMILES string of the molecule is COc1cc(OC)c2c(c1)C(=O)C(C)=C(C)C2=O. The molecule has 0 atom stereocenters. The van der Waals surface area contributed by atoms with E-state index in [1.54, 1.807) is 26.0 Å². The van der Waals surface area contributed by atoms with Gasteiger partial charge in [-0.3, -0.25) is 9.59 Å². The zero-order valence-electron chi connectivity index (χ0n) is 10.8. The van der Waals surface area contributed by atoms with Gasteiger partial charge in [0.05, 0.1) is 19.8 Å². The lowest BCUT2D eigenvalue weighted by atomic mass is 9.84. The number of hydrogen-bond donors (Lipinski definition) is 0. The zero-order chi connectivity index (χ0) is 13.4. The monoisotopic (exact) mass is 246 g/mol. The molecule has 0 aromatic heterocycles. The van der Waals surface area contributed by atoms with Gasteiger partial charge in [0.1, 0.15) is 11.5 Å². The van der Waals surface area contributed by atoms with E-state index in [-0.39, 0.29) is 11.6 Å². The van der Waals surface area contributed by atoms with E-state index in [0.717, 1.165) is 0 Å². The molecule has 0 radical (unpaired) electrons. The largest absolute Gasteiger partial charge is 0.497 e. The van der Waals surface area contributed by atoms with Crippen molar-refractivity contribution in [2.45, 2.75) is 13.8 Å². The summed E-state index contributed by atoms with van der Waals surface area (Å²) in [5.41, 5.74) is 1.62. The number of allylic oxidation sites excluding steroid dienone is 2. The van der Waals surface area contributed by atoms with Crippen LogP contribution in [0.3, 0.4) is 0 Å². The van der Waals surface area contributed by atoms with Crippen LogP contribution in [0.5, 0.6) is 11.5 Å². The number of rotatable bonds is 2. The average Bonchev–Trinajstić information content (AvgIpc) is 2.41. The van der Waals surface area contributed by atoms with E-state index < -0.39 is 0 Å². The Morgan fingerprint density at radius 1 is 0.889 bits per heavy atom. The number of carbonyl (C=O) groups excluding carboxylic acids is 2. The molecule has 1 aliphatic carbocycles. The first-order valence-electron chi connectivity index (χ1n) is 5.54. The lowest BCUT2D eigenvalue weighted by molar-refractivity contribution is 0.0972. The van der Waals surface area contributed by atoms with E-state index in [0.29, 0.717) is 33.8 Å². The van der Waals surface area contributed by atoms with Gasteiger partial charge < -0.3 is 9.47 Å². The Morgan fingerprint density at radius 2 is 1.50 bits per heavy atom. The van der Waals surface area contributed by atoms with Gasteiger partial charge in [-0.25, -0.2) is 0 Å². The number of ether oxygens (including phenoxy) is 2. The molecule has 4 heteroatoms. The molecule has 0 bridgehead atoms. The van der Waals surface area contributed by atoms with Crippen LogP contribution >= 0.6 is 0 Å². The molecule has 0 fully saturated rings. The van der Waals surface area contributed by atoms with Gasteiger partial charge in [0.15, 0.2) is 11.6 Å². The number of Topliss-reactive ketones (excluding diaryl/α,β-unsaturated/α-hetero) is 2. The maximum absolute atomic E-state index is 12.2. The fraction of sp³-hybridized carbons (Fsp3) is 0.286. The van der Waals surface area contributed by atoms with Crippen molar-refractivity contribution in [2.75, 3.05) is 14.2 Å². The summed E-state index contributed by atoms with van der Waals surface area (Å²) in [5, 5.41) is 0. The molecule has 2 rings (SSSR count). The molecular formula is C14H14O4. The van der Waals surface area contributed by atoms with Crippen LogP contribution in [0.25, 0.3) is 0 Å². The highest BCUT2D eigenvalue weighted by Gasteiger charge is 2.31. The maximum atomic E-state index is 12.2. The number of benzene rings is 1. The first kappa shape index (κ1) is 12.4. The Morgan fingerprint density at radius 3 is 2.06 bits per heavy atom. The minimum atomic E-state index is -0.165. The van der Waals surface area contributed by atoms with Crippen molar-refractivity contribution in [3.8, 4) is 11.5 Å². The summed E-state index contributed by atoms with van der Waals surface area (Å²) in [6.07, 6.45) is 0. The predicted molar refractivity (Wildman–Crippen MR) is 66.6 cm³/mol. The van der Waals surface area contributed by atoms with E-state index in [4.69, 9.17) is 9.47 Å². The minimum absolute atomic E-state index is 0.153. The Kier molecular flexibility index (Phi) is 2.95. The van der Waals surface area contributed by atoms with E-state index in [1.807, 2.05) is 0 Å². The van der Waals surface area contributed by atoms with Crippen LogP contribution in [0.4, 0.5) is 0 Å². The number of ketones is 2. The second-order valence-electron chi connectivity index (χ2n) is 4.16. The molecule has 0 saturated heterocycles. The number of carbonyl (C=O) groups is 2. The van der Waals surface area contributed by atoms with Crippen molar-refractivity contribution >= 4 is 11.6 Å². The molecule has 1 aromatic carbocycles. The van der Waals surface area contributed by atoms with Crippen LogP contribution in [0.2, 0.25) is 0 Å². The Hall–Kier alpha value is -2.10. The van der Waals surface area contributed by atoms with Gasteiger partial charge >= 0.3 is 0 Å². The molecule has 1 aliphatic rings. The standard InChI is InChI=1S/C14H14O4/c1-7-8(2)14(16)12-10(13(7)15)5-9(17-3)6-11(12)18-4/h5-6H,1-4H3. The van der Waals surface area contributed by atoms with Crippen LogP contribution in [0.1, 0.15) is 34.6 Å². The lowest BCUT2D eigenvalue weighted by Crippen LogP contribution is -2.20. The molecule has 0 saturated carbocycles. The summed E-state index contributed by atoms with van der Waals surface area (Å²) in [7, 11) is 2.97. The van der Waals surface area contributed by atoms with E-state index >= 15 is 0 Å². The van der Waals surface area contributed by atoms with Gasteiger partial charge in [-0.05, 0) is 19.9 Å². The predicted octanol–water partition coefficient (Wildman–Crippen LogP) is 2.42. The van der Waals surface area contributed by atoms with Gasteiger partial charge in [-0.15, -0.1) is 0 Å². The van der Waals surface area contributed by atoms with Crippen molar-refractivity contribution < 1.29 is 19.1 Å². The average molecular weight is 246 g/mol. The quantitative estimate of drug-likeness (QED) is 0.804. The van der Waals surface area contributed by atoms with Crippen molar-refractivity contribution in [3.05, 3.63) is 34.4 Å². The summed E-state index contributed by atoms with van der Waals surface area (Å²) in [6, 6.07) is 3.19. The maximum Gasteiger partial charge on any atom is 0.193 e. The van der Waals surface area contributed by atoms with E-state index in [2.05, 4.69) is 0 Å². The van der Waals surface area contributed by atoms with Gasteiger partial charge in [-0.1, -0.05) is 0 Å². The second-order valence-corrected chi connectivity index (χ2v) is 4.16. The molecule has 0 unspecified atom stereocenters. The van der Waals surface area contributed by atoms with Crippen molar-refractivity contribution in [2.24, 2.45) is 0 Å². The minimum Gasteiger partial charge on any atom is -0.497 e. The first-order valence-corrected chi connectivity index (χ1v) is 5.54. The van der Waals surface area contributed by atoms with Crippen LogP contribution in [-0.4, -0.2) is 25.8 Å². The summed E-state index contributed by atoms with van der Waals surface area (Å²) in [4.78, 5) is 24.4. The normalized spacial score (nSPS) is 14.7. The zero-order valence-corrected chi connectivity index (χ0v) is 10.8. The Labute approximate surface area is 105 Å². The first-order chi connectivity index (χ1) is 8.51. The van der Waals surface area contributed by atoms with Crippen LogP contribution in [0.15, 0.2) is 23.3 Å². The molecule has 4 nitrogen and oxygen atoms in total. The summed E-state index contributed by atoms with van der Waals surface area (Å²) >= 11 is 0. The summed E-state index contributed by atoms with van der Waals surface area (Å²) in [5.74, 6) is 0.551. The Bertz CT molecular complexity index is 582. The fourth-order valence-corrected chi connectivity index (χ4v) is 2.01. The smallest absolute Gasteiger partial charge is 0.193 e. The van der Waals surface area contributed by atoms with Crippen LogP contribution < -0.4 is 9.47 Å². The third-order valence-electron chi connectivity index (χ3n) is 3.25. The third-order valence-corrected chi connectivity index (χ3v) is 3.25. The number of hydrogen-bond acceptors (Lipinski definition) is 4.